The van der Waals surface area contributed by atoms with Crippen molar-refractivity contribution in [2.24, 2.45) is 0 Å². The topological polar surface area (TPSA) is 12.5 Å². The fourth-order valence-electron chi connectivity index (χ4n) is 1.02. The molecule has 0 bridgehead atoms. The number of rotatable bonds is 5. The molecule has 2 nitrogen and oxygen atoms in total. The number of benzene rings is 1. The van der Waals surface area contributed by atoms with E-state index in [2.05, 4.69) is 4.90 Å². The first-order chi connectivity index (χ1) is 6.72. The van der Waals surface area contributed by atoms with Gasteiger partial charge in [-0.1, -0.05) is 12.1 Å². The van der Waals surface area contributed by atoms with Gasteiger partial charge in [-0.05, 0) is 26.2 Å². The monoisotopic (exact) mass is 223 g/mol. The maximum Gasteiger partial charge on any atom is 0.538 e. The fourth-order valence-corrected chi connectivity index (χ4v) is 1.97. The Bertz CT molecular complexity index is 263. The summed E-state index contributed by atoms with van der Waals surface area (Å²) in [6, 6.07) is 8.06. The largest absolute Gasteiger partial charge is 0.538 e. The quantitative estimate of drug-likeness (QED) is 0.694. The molecule has 0 saturated carbocycles. The van der Waals surface area contributed by atoms with Crippen molar-refractivity contribution in [3.8, 4) is 5.75 Å². The first kappa shape index (κ1) is 12.1. The first-order valence-corrected chi connectivity index (χ1v) is 7.49. The van der Waals surface area contributed by atoms with Crippen molar-refractivity contribution in [2.75, 3.05) is 27.2 Å². The average molecular weight is 224 g/mol. The number of hydrogen-bond acceptors (Lipinski definition) is 2. The molecule has 0 unspecified atom stereocenters. The summed E-state index contributed by atoms with van der Waals surface area (Å²) in [5.74, 6) is 0.926. The molecule has 0 amide bonds. The molecule has 0 aliphatic carbocycles. The summed E-state index contributed by atoms with van der Waals surface area (Å²) in [4.78, 5) is 2.10. The molecule has 1 aromatic carbocycles. The van der Waals surface area contributed by atoms with Gasteiger partial charge in [0.2, 0.25) is 0 Å². The van der Waals surface area contributed by atoms with E-state index in [0.29, 0.717) is 0 Å². The molecule has 0 aromatic heterocycles. The molecular formula is C10H14ClMgNO. The number of ether oxygens (including phenoxy) is 1. The lowest BCUT2D eigenvalue weighted by molar-refractivity contribution is 0.261. The molecule has 0 N–H and O–H groups in total. The van der Waals surface area contributed by atoms with Gasteiger partial charge in [-0.3, -0.25) is 0 Å². The van der Waals surface area contributed by atoms with Gasteiger partial charge in [-0.25, -0.2) is 0 Å². The first-order valence-electron chi connectivity index (χ1n) is 4.65. The highest BCUT2D eigenvalue weighted by Gasteiger charge is 1.97. The van der Waals surface area contributed by atoms with Crippen LogP contribution in [0.4, 0.5) is 0 Å². The van der Waals surface area contributed by atoms with Crippen LogP contribution in [0, 0.1) is 0 Å². The number of hydrogen-bond donors (Lipinski definition) is 0. The molecule has 0 saturated heterocycles. The molecule has 14 heavy (non-hydrogen) atoms. The summed E-state index contributed by atoms with van der Waals surface area (Å²) in [7, 11) is 9.88. The third-order valence-corrected chi connectivity index (χ3v) is 3.59. The molecule has 0 aliphatic heterocycles. The van der Waals surface area contributed by atoms with Gasteiger partial charge in [0.25, 0.3) is 0 Å². The highest BCUT2D eigenvalue weighted by Crippen LogP contribution is 2.06. The van der Waals surface area contributed by atoms with Gasteiger partial charge < -0.3 is 18.7 Å². The summed E-state index contributed by atoms with van der Waals surface area (Å²) < 4.78 is 6.80. The number of nitrogens with zero attached hydrogens (tertiary/aromatic N) is 1. The van der Waals surface area contributed by atoms with Crippen molar-refractivity contribution in [1.29, 1.82) is 0 Å². The van der Waals surface area contributed by atoms with Crippen LogP contribution in [0.15, 0.2) is 24.3 Å². The van der Waals surface area contributed by atoms with E-state index in [1.54, 1.807) is 0 Å². The zero-order chi connectivity index (χ0) is 10.4. The zero-order valence-electron chi connectivity index (χ0n) is 8.66. The van der Waals surface area contributed by atoms with Crippen LogP contribution in [0.2, 0.25) is 0 Å². The van der Waals surface area contributed by atoms with Crippen molar-refractivity contribution < 1.29 is 4.74 Å². The second-order valence-corrected chi connectivity index (χ2v) is 5.31. The Labute approximate surface area is 98.7 Å². The molecule has 4 heteroatoms. The maximum absolute atomic E-state index is 5.82. The van der Waals surface area contributed by atoms with E-state index in [9.17, 15) is 0 Å². The van der Waals surface area contributed by atoms with Crippen molar-refractivity contribution in [2.45, 2.75) is 0 Å². The Morgan fingerprint density at radius 2 is 1.93 bits per heavy atom. The Kier molecular flexibility index (Phi) is 5.63. The Morgan fingerprint density at radius 1 is 1.29 bits per heavy atom. The third-order valence-electron chi connectivity index (χ3n) is 1.88. The minimum atomic E-state index is -0.548. The lowest BCUT2D eigenvalue weighted by Gasteiger charge is -2.11. The van der Waals surface area contributed by atoms with Gasteiger partial charge in [0.1, 0.15) is 12.4 Å². The molecule has 0 atom stereocenters. The van der Waals surface area contributed by atoms with E-state index in [4.69, 9.17) is 13.8 Å². The van der Waals surface area contributed by atoms with E-state index in [1.165, 1.54) is 3.69 Å². The van der Waals surface area contributed by atoms with Gasteiger partial charge in [0, 0.05) is 6.54 Å². The van der Waals surface area contributed by atoms with Gasteiger partial charge in [0.15, 0.2) is 0 Å². The van der Waals surface area contributed by atoms with E-state index in [1.807, 2.05) is 38.4 Å². The Morgan fingerprint density at radius 3 is 2.43 bits per heavy atom. The Balaban J connectivity index is 2.36. The summed E-state index contributed by atoms with van der Waals surface area (Å²) in [6.07, 6.45) is 0. The summed E-state index contributed by atoms with van der Waals surface area (Å²) in [5.41, 5.74) is 0. The third kappa shape index (κ3) is 4.51. The summed E-state index contributed by atoms with van der Waals surface area (Å²) in [6.45, 7) is 1.66. The lowest BCUT2D eigenvalue weighted by atomic mass is 10.3. The molecular weight excluding hydrogens is 210 g/mol. The maximum atomic E-state index is 5.82. The zero-order valence-corrected chi connectivity index (χ0v) is 10.8. The van der Waals surface area contributed by atoms with E-state index in [-0.39, 0.29) is 0 Å². The average Bonchev–Trinajstić information content (AvgIpc) is 2.18. The molecule has 0 spiro atoms. The van der Waals surface area contributed by atoms with Crippen molar-refractivity contribution in [3.63, 3.8) is 0 Å². The van der Waals surface area contributed by atoms with Crippen LogP contribution >= 0.6 is 9.07 Å². The Hall–Kier alpha value is 0.0362. The van der Waals surface area contributed by atoms with E-state index in [0.717, 1.165) is 18.9 Å². The molecule has 1 aromatic rings. The normalized spacial score (nSPS) is 10.0. The van der Waals surface area contributed by atoms with Gasteiger partial charge in [-0.2, -0.15) is 0 Å². The van der Waals surface area contributed by atoms with Crippen molar-refractivity contribution >= 4 is 32.0 Å². The molecule has 1 rings (SSSR count). The van der Waals surface area contributed by atoms with Crippen LogP contribution in [0.25, 0.3) is 0 Å². The van der Waals surface area contributed by atoms with Crippen molar-refractivity contribution in [3.05, 3.63) is 24.3 Å². The van der Waals surface area contributed by atoms with Crippen LogP contribution < -0.4 is 8.43 Å². The van der Waals surface area contributed by atoms with E-state index >= 15 is 0 Å². The van der Waals surface area contributed by atoms with Crippen LogP contribution in [-0.4, -0.2) is 51.4 Å². The highest BCUT2D eigenvalue weighted by molar-refractivity contribution is 7.01. The predicted molar refractivity (Wildman–Crippen MR) is 61.7 cm³/mol. The standard InChI is InChI=1S/C10H14NO.ClH.Mg/c1-11(2)8-9-12-10-6-4-3-5-7-10;;/h4-7H,8-9H2,1-2H3;1H;/q;;+1/p-1. The van der Waals surface area contributed by atoms with Crippen molar-refractivity contribution in [1.82, 2.24) is 4.90 Å². The summed E-state index contributed by atoms with van der Waals surface area (Å²) in [5, 5.41) is 0. The second-order valence-electron chi connectivity index (χ2n) is 3.43. The van der Waals surface area contributed by atoms with Crippen LogP contribution in [0.5, 0.6) is 5.75 Å². The smallest absolute Gasteiger partial charge is 0.492 e. The SMILES string of the molecule is CN(C)CCOc1cc[c]([Mg][Cl])cc1. The molecule has 0 radical (unpaired) electrons. The second kappa shape index (κ2) is 6.51. The van der Waals surface area contributed by atoms with Gasteiger partial charge >= 0.3 is 19.3 Å². The van der Waals surface area contributed by atoms with Gasteiger partial charge in [0.05, 0.1) is 0 Å². The highest BCUT2D eigenvalue weighted by atomic mass is 35.5. The molecule has 0 aliphatic rings. The lowest BCUT2D eigenvalue weighted by Crippen LogP contribution is -2.19. The minimum absolute atomic E-state index is 0.548. The number of halogens is 1. The molecule has 0 fully saturated rings. The minimum Gasteiger partial charge on any atom is -0.492 e. The van der Waals surface area contributed by atoms with Crippen LogP contribution in [0.1, 0.15) is 0 Å². The number of likely N-dealkylation sites (N-methyl/N-ethyl adjacent to an activating group) is 1. The summed E-state index contributed by atoms with van der Waals surface area (Å²) >= 11 is -0.548. The van der Waals surface area contributed by atoms with Gasteiger partial charge in [-0.15, -0.1) is 3.69 Å². The molecule has 74 valence electrons. The predicted octanol–water partition coefficient (Wildman–Crippen LogP) is 1.11. The van der Waals surface area contributed by atoms with Crippen LogP contribution in [-0.2, 0) is 0 Å². The van der Waals surface area contributed by atoms with E-state index < -0.39 is 19.3 Å². The van der Waals surface area contributed by atoms with Crippen LogP contribution in [0.3, 0.4) is 0 Å². The fraction of sp³-hybridized carbons (Fsp3) is 0.400. The molecule has 0 heterocycles.